The van der Waals surface area contributed by atoms with Gasteiger partial charge in [-0.05, 0) is 44.9 Å². The average Bonchev–Trinajstić information content (AvgIpc) is 2.70. The second-order valence-corrected chi connectivity index (χ2v) is 11.2. The fourth-order valence-corrected chi connectivity index (χ4v) is 5.57. The highest BCUT2D eigenvalue weighted by atomic mass is 32.2. The van der Waals surface area contributed by atoms with Gasteiger partial charge in [-0.2, -0.15) is 4.31 Å². The summed E-state index contributed by atoms with van der Waals surface area (Å²) in [7, 11) is -3.69. The van der Waals surface area contributed by atoms with Crippen molar-refractivity contribution in [3.8, 4) is 0 Å². The molecule has 8 nitrogen and oxygen atoms in total. The maximum Gasteiger partial charge on any atom is 0.251 e. The Hall–Kier alpha value is -1.97. The van der Waals surface area contributed by atoms with E-state index in [9.17, 15) is 18.0 Å². The maximum atomic E-state index is 13.3. The van der Waals surface area contributed by atoms with Gasteiger partial charge in [0.2, 0.25) is 15.9 Å². The lowest BCUT2D eigenvalue weighted by atomic mass is 9.99. The maximum absolute atomic E-state index is 13.3. The van der Waals surface area contributed by atoms with Gasteiger partial charge >= 0.3 is 0 Å². The number of nitrogens with zero attached hydrogens (tertiary/aromatic N) is 2. The fourth-order valence-electron chi connectivity index (χ4n) is 4.07. The summed E-state index contributed by atoms with van der Waals surface area (Å²) in [6.07, 6.45) is -0.104. The van der Waals surface area contributed by atoms with Crippen molar-refractivity contribution in [1.29, 1.82) is 0 Å². The molecule has 1 aromatic rings. The molecular formula is C23H37N3O5S. The molecule has 0 saturated carbocycles. The number of hydrogen-bond acceptors (Lipinski definition) is 5. The third-order valence-electron chi connectivity index (χ3n) is 5.54. The Labute approximate surface area is 192 Å². The van der Waals surface area contributed by atoms with Gasteiger partial charge in [0.05, 0.1) is 16.6 Å². The first-order chi connectivity index (χ1) is 14.8. The predicted molar refractivity (Wildman–Crippen MR) is 124 cm³/mol. The minimum absolute atomic E-state index is 0.0602. The lowest BCUT2D eigenvalue weighted by molar-refractivity contribution is -0.160. The minimum atomic E-state index is -3.69. The molecule has 0 aliphatic carbocycles. The molecule has 1 heterocycles. The highest BCUT2D eigenvalue weighted by molar-refractivity contribution is 7.89. The summed E-state index contributed by atoms with van der Waals surface area (Å²) < 4.78 is 32.9. The van der Waals surface area contributed by atoms with Gasteiger partial charge in [-0.15, -0.1) is 0 Å². The van der Waals surface area contributed by atoms with Crippen molar-refractivity contribution in [1.82, 2.24) is 14.5 Å². The highest BCUT2D eigenvalue weighted by Gasteiger charge is 2.37. The van der Waals surface area contributed by atoms with E-state index in [1.807, 2.05) is 34.6 Å². The Kier molecular flexibility index (Phi) is 8.47. The first-order valence-corrected chi connectivity index (χ1v) is 12.6. The number of amides is 2. The van der Waals surface area contributed by atoms with Crippen LogP contribution < -0.4 is 5.32 Å². The standard InChI is InChI=1S/C23H37N3O5S/c1-8-26(9-2)32(29,30)19-12-10-11-18(13-19)21(27)24-20(16(3)4)22(28)25-14-17(5)31-23(6,7)15-25/h10-13,16-17,20H,8-9,14-15H2,1-7H3,(H,24,27). The van der Waals surface area contributed by atoms with Crippen LogP contribution in [-0.4, -0.2) is 73.4 Å². The van der Waals surface area contributed by atoms with Crippen LogP contribution in [-0.2, 0) is 19.6 Å². The van der Waals surface area contributed by atoms with Gasteiger partial charge in [-0.1, -0.05) is 33.8 Å². The van der Waals surface area contributed by atoms with Crippen LogP contribution in [0.3, 0.4) is 0 Å². The molecule has 2 unspecified atom stereocenters. The van der Waals surface area contributed by atoms with Crippen molar-refractivity contribution in [2.24, 2.45) is 5.92 Å². The molecule has 0 radical (unpaired) electrons. The highest BCUT2D eigenvalue weighted by Crippen LogP contribution is 2.23. The zero-order chi connectivity index (χ0) is 24.3. The van der Waals surface area contributed by atoms with Gasteiger partial charge in [-0.3, -0.25) is 9.59 Å². The average molecular weight is 468 g/mol. The Balaban J connectivity index is 2.25. The molecule has 1 saturated heterocycles. The predicted octanol–water partition coefficient (Wildman–Crippen LogP) is 2.50. The summed E-state index contributed by atoms with van der Waals surface area (Å²) in [5, 5.41) is 2.83. The van der Waals surface area contributed by atoms with Crippen LogP contribution in [0, 0.1) is 5.92 Å². The van der Waals surface area contributed by atoms with Gasteiger partial charge in [0.1, 0.15) is 6.04 Å². The van der Waals surface area contributed by atoms with Crippen LogP contribution in [0.4, 0.5) is 0 Å². The number of hydrogen-bond donors (Lipinski definition) is 1. The van der Waals surface area contributed by atoms with Gasteiger partial charge < -0.3 is 15.0 Å². The van der Waals surface area contributed by atoms with Crippen molar-refractivity contribution in [2.45, 2.75) is 71.1 Å². The van der Waals surface area contributed by atoms with Crippen molar-refractivity contribution >= 4 is 21.8 Å². The molecule has 2 rings (SSSR count). The lowest BCUT2D eigenvalue weighted by Crippen LogP contribution is -2.59. The minimum Gasteiger partial charge on any atom is -0.369 e. The van der Waals surface area contributed by atoms with Crippen LogP contribution in [0.2, 0.25) is 0 Å². The molecule has 1 fully saturated rings. The largest absolute Gasteiger partial charge is 0.369 e. The quantitative estimate of drug-likeness (QED) is 0.634. The molecule has 9 heteroatoms. The molecule has 1 N–H and O–H groups in total. The van der Waals surface area contributed by atoms with Crippen molar-refractivity contribution in [3.05, 3.63) is 29.8 Å². The van der Waals surface area contributed by atoms with Crippen LogP contribution in [0.25, 0.3) is 0 Å². The Morgan fingerprint density at radius 1 is 1.25 bits per heavy atom. The summed E-state index contributed by atoms with van der Waals surface area (Å²) >= 11 is 0. The second-order valence-electron chi connectivity index (χ2n) is 9.22. The first kappa shape index (κ1) is 26.3. The lowest BCUT2D eigenvalue weighted by Gasteiger charge is -2.43. The second kappa shape index (κ2) is 10.3. The van der Waals surface area contributed by atoms with Crippen LogP contribution in [0.15, 0.2) is 29.2 Å². The van der Waals surface area contributed by atoms with E-state index in [0.717, 1.165) is 0 Å². The Morgan fingerprint density at radius 2 is 1.88 bits per heavy atom. The fraction of sp³-hybridized carbons (Fsp3) is 0.652. The topological polar surface area (TPSA) is 96.0 Å². The Morgan fingerprint density at radius 3 is 2.41 bits per heavy atom. The smallest absolute Gasteiger partial charge is 0.251 e. The first-order valence-electron chi connectivity index (χ1n) is 11.2. The van der Waals surface area contributed by atoms with Gasteiger partial charge in [-0.25, -0.2) is 8.42 Å². The number of sulfonamides is 1. The third kappa shape index (κ3) is 6.08. The van der Waals surface area contributed by atoms with E-state index in [4.69, 9.17) is 4.74 Å². The van der Waals surface area contributed by atoms with Crippen molar-refractivity contribution < 1.29 is 22.7 Å². The third-order valence-corrected chi connectivity index (χ3v) is 7.59. The molecule has 2 atom stereocenters. The summed E-state index contributed by atoms with van der Waals surface area (Å²) in [5.41, 5.74) is -0.265. The summed E-state index contributed by atoms with van der Waals surface area (Å²) in [4.78, 5) is 28.1. The summed E-state index contributed by atoms with van der Waals surface area (Å²) in [6.45, 7) is 14.7. The van der Waals surface area contributed by atoms with Crippen molar-refractivity contribution in [2.75, 3.05) is 26.2 Å². The monoisotopic (exact) mass is 467 g/mol. The molecule has 1 aliphatic rings. The van der Waals surface area contributed by atoms with Crippen LogP contribution in [0.1, 0.15) is 58.8 Å². The molecule has 0 bridgehead atoms. The van der Waals surface area contributed by atoms with Gasteiger partial charge in [0, 0.05) is 31.7 Å². The SMILES string of the molecule is CCN(CC)S(=O)(=O)c1cccc(C(=O)NC(C(=O)N2CC(C)OC(C)(C)C2)C(C)C)c1. The summed E-state index contributed by atoms with van der Waals surface area (Å²) in [6, 6.07) is 5.21. The van der Waals surface area contributed by atoms with Crippen LogP contribution in [0.5, 0.6) is 0 Å². The number of rotatable bonds is 8. The molecule has 1 aromatic carbocycles. The van der Waals surface area contributed by atoms with E-state index in [0.29, 0.717) is 26.2 Å². The molecule has 2 amide bonds. The van der Waals surface area contributed by atoms with E-state index >= 15 is 0 Å². The van der Waals surface area contributed by atoms with Gasteiger partial charge in [0.15, 0.2) is 0 Å². The zero-order valence-corrected chi connectivity index (χ0v) is 21.0. The number of carbonyl (C=O) groups is 2. The normalized spacial score (nSPS) is 19.8. The summed E-state index contributed by atoms with van der Waals surface area (Å²) in [5.74, 6) is -0.784. The molecule has 32 heavy (non-hydrogen) atoms. The molecule has 0 spiro atoms. The molecule has 0 aromatic heterocycles. The van der Waals surface area contributed by atoms with Crippen LogP contribution >= 0.6 is 0 Å². The number of benzene rings is 1. The van der Waals surface area contributed by atoms with E-state index < -0.39 is 27.6 Å². The van der Waals surface area contributed by atoms with E-state index in [1.165, 1.54) is 16.4 Å². The number of morpholine rings is 1. The molecule has 1 aliphatic heterocycles. The van der Waals surface area contributed by atoms with E-state index in [1.54, 1.807) is 30.9 Å². The zero-order valence-electron chi connectivity index (χ0n) is 20.2. The Bertz CT molecular complexity index is 925. The van der Waals surface area contributed by atoms with Crippen molar-refractivity contribution in [3.63, 3.8) is 0 Å². The van der Waals surface area contributed by atoms with E-state index in [-0.39, 0.29) is 28.4 Å². The number of ether oxygens (including phenoxy) is 1. The number of carbonyl (C=O) groups excluding carboxylic acids is 2. The molecular weight excluding hydrogens is 430 g/mol. The molecule has 180 valence electrons. The van der Waals surface area contributed by atoms with Gasteiger partial charge in [0.25, 0.3) is 5.91 Å². The van der Waals surface area contributed by atoms with E-state index in [2.05, 4.69) is 5.32 Å². The number of nitrogens with one attached hydrogen (secondary N) is 1.